The van der Waals surface area contributed by atoms with Crippen LogP contribution < -0.4 is 57.0 Å². The van der Waals surface area contributed by atoms with Crippen molar-refractivity contribution in [2.45, 2.75) is 13.8 Å². The Morgan fingerprint density at radius 3 is 2.12 bits per heavy atom. The minimum atomic E-state index is -1.80. The molecule has 0 N–H and O–H groups in total. The average molecular weight is 248 g/mol. The van der Waals surface area contributed by atoms with Gasteiger partial charge in [0.1, 0.15) is 0 Å². The molecule has 6 heteroatoms. The minimum Gasteiger partial charge on any atom is -0.538 e. The second-order valence-corrected chi connectivity index (χ2v) is 4.83. The van der Waals surface area contributed by atoms with Gasteiger partial charge in [-0.2, -0.15) is 0 Å². The number of fused-ring (bicyclic) bond motifs is 3. The molecule has 4 rings (SSSR count). The summed E-state index contributed by atoms with van der Waals surface area (Å²) in [6.45, 7) is 4.21. The molecule has 1 aromatic rings. The van der Waals surface area contributed by atoms with Crippen molar-refractivity contribution in [1.29, 1.82) is 0 Å². The van der Waals surface area contributed by atoms with Crippen LogP contribution in [0.3, 0.4) is 0 Å². The molecule has 3 saturated heterocycles. The maximum absolute atomic E-state index is 5.69. The zero-order valence-corrected chi connectivity index (χ0v) is 13.1. The molecular formula is C10H14BKO4. The van der Waals surface area contributed by atoms with Gasteiger partial charge in [-0.1, -0.05) is 13.0 Å². The number of furan rings is 1. The summed E-state index contributed by atoms with van der Waals surface area (Å²) in [5.74, 6) is 0.843. The van der Waals surface area contributed by atoms with Gasteiger partial charge in [0, 0.05) is 30.9 Å². The smallest absolute Gasteiger partial charge is 0.538 e. The van der Waals surface area contributed by atoms with Gasteiger partial charge in [-0.3, -0.25) is 0 Å². The van der Waals surface area contributed by atoms with Crippen molar-refractivity contribution >= 4 is 12.4 Å². The predicted molar refractivity (Wildman–Crippen MR) is 54.8 cm³/mol. The number of aryl methyl sites for hydroxylation is 1. The molecule has 0 atom stereocenters. The van der Waals surface area contributed by atoms with Crippen molar-refractivity contribution in [2.75, 3.05) is 19.8 Å². The molecule has 82 valence electrons. The van der Waals surface area contributed by atoms with Gasteiger partial charge in [0.2, 0.25) is 0 Å². The fourth-order valence-corrected chi connectivity index (χ4v) is 2.09. The first-order valence-corrected chi connectivity index (χ1v) is 5.24. The molecule has 3 fully saturated rings. The van der Waals surface area contributed by atoms with Crippen molar-refractivity contribution in [3.63, 3.8) is 0 Å². The maximum Gasteiger partial charge on any atom is 1.00 e. The van der Waals surface area contributed by atoms with E-state index in [4.69, 9.17) is 18.4 Å². The first-order chi connectivity index (χ1) is 7.12. The van der Waals surface area contributed by atoms with Gasteiger partial charge in [0.15, 0.2) is 0 Å². The maximum atomic E-state index is 5.69. The van der Waals surface area contributed by atoms with Crippen molar-refractivity contribution in [3.05, 3.63) is 17.9 Å². The third kappa shape index (κ3) is 2.10. The van der Waals surface area contributed by atoms with Crippen molar-refractivity contribution in [1.82, 2.24) is 0 Å². The van der Waals surface area contributed by atoms with Gasteiger partial charge in [0.25, 0.3) is 0 Å². The van der Waals surface area contributed by atoms with E-state index < -0.39 is 6.75 Å². The van der Waals surface area contributed by atoms with Crippen LogP contribution in [-0.2, 0) is 14.0 Å². The summed E-state index contributed by atoms with van der Waals surface area (Å²) in [5.41, 5.74) is 0.666. The monoisotopic (exact) mass is 248 g/mol. The van der Waals surface area contributed by atoms with Crippen LogP contribution >= 0.6 is 0 Å². The van der Waals surface area contributed by atoms with E-state index in [1.54, 1.807) is 0 Å². The van der Waals surface area contributed by atoms with E-state index >= 15 is 0 Å². The van der Waals surface area contributed by atoms with Crippen LogP contribution in [0.15, 0.2) is 16.5 Å². The van der Waals surface area contributed by atoms with Gasteiger partial charge in [-0.05, 0) is 13.0 Å². The van der Waals surface area contributed by atoms with E-state index in [0.29, 0.717) is 25.5 Å². The topological polar surface area (TPSA) is 40.8 Å². The van der Waals surface area contributed by atoms with E-state index in [1.807, 2.05) is 19.1 Å². The van der Waals surface area contributed by atoms with Crippen molar-refractivity contribution in [2.24, 2.45) is 5.41 Å². The van der Waals surface area contributed by atoms with Gasteiger partial charge in [-0.25, -0.2) is 0 Å². The quantitative estimate of drug-likeness (QED) is 0.530. The predicted octanol–water partition coefficient (Wildman–Crippen LogP) is -2.18. The van der Waals surface area contributed by atoms with Crippen LogP contribution in [0.25, 0.3) is 0 Å². The zero-order chi connectivity index (χ0) is 10.5. The van der Waals surface area contributed by atoms with Crippen LogP contribution in [0.1, 0.15) is 12.7 Å². The average Bonchev–Trinajstić information content (AvgIpc) is 2.67. The van der Waals surface area contributed by atoms with Gasteiger partial charge in [-0.15, -0.1) is 0 Å². The Morgan fingerprint density at radius 1 is 1.12 bits per heavy atom. The Balaban J connectivity index is 0.000000963. The molecule has 1 aromatic heterocycles. The molecule has 0 aliphatic carbocycles. The summed E-state index contributed by atoms with van der Waals surface area (Å²) in [6, 6.07) is 3.76. The second kappa shape index (κ2) is 4.51. The molecule has 0 saturated carbocycles. The Kier molecular flexibility index (Phi) is 3.75. The molecule has 0 radical (unpaired) electrons. The SMILES string of the molecule is Cc1ccc([B-]23OCC(C)(CO2)CO3)o1.[K+]. The zero-order valence-electron chi connectivity index (χ0n) is 9.99. The molecule has 0 spiro atoms. The van der Waals surface area contributed by atoms with Crippen LogP contribution in [0.2, 0.25) is 0 Å². The molecule has 0 amide bonds. The van der Waals surface area contributed by atoms with Crippen LogP contribution in [0.4, 0.5) is 0 Å². The van der Waals surface area contributed by atoms with E-state index in [1.165, 1.54) is 0 Å². The fourth-order valence-electron chi connectivity index (χ4n) is 2.09. The summed E-state index contributed by atoms with van der Waals surface area (Å²) in [7, 11) is 0. The second-order valence-electron chi connectivity index (χ2n) is 4.83. The van der Waals surface area contributed by atoms with Gasteiger partial charge in [0.05, 0.1) is 5.76 Å². The fraction of sp³-hybridized carbons (Fsp3) is 0.600. The number of hydrogen-bond donors (Lipinski definition) is 0. The molecule has 3 aliphatic heterocycles. The van der Waals surface area contributed by atoms with Crippen LogP contribution in [0, 0.1) is 12.3 Å². The third-order valence-electron chi connectivity index (χ3n) is 3.06. The standard InChI is InChI=1S/C10H14BO4.K/c1-8-3-4-9(15-8)11-12-5-10(2,6-13-11)7-14-11;/h3-4H,5-7H2,1-2H3;/q-1;+1. The summed E-state index contributed by atoms with van der Waals surface area (Å²) in [4.78, 5) is 0. The first-order valence-electron chi connectivity index (χ1n) is 5.24. The van der Waals surface area contributed by atoms with E-state index in [-0.39, 0.29) is 56.8 Å². The van der Waals surface area contributed by atoms with Crippen molar-refractivity contribution in [3.8, 4) is 0 Å². The third-order valence-corrected chi connectivity index (χ3v) is 3.06. The molecule has 2 bridgehead atoms. The number of rotatable bonds is 1. The summed E-state index contributed by atoms with van der Waals surface area (Å²) < 4.78 is 22.6. The molecule has 4 nitrogen and oxygen atoms in total. The Bertz CT molecular complexity index is 367. The molecule has 4 heterocycles. The summed E-state index contributed by atoms with van der Waals surface area (Å²) in [6.07, 6.45) is 0. The summed E-state index contributed by atoms with van der Waals surface area (Å²) in [5, 5.41) is 0. The van der Waals surface area contributed by atoms with E-state index in [9.17, 15) is 0 Å². The molecule has 0 aromatic carbocycles. The molecule has 16 heavy (non-hydrogen) atoms. The normalized spacial score (nSPS) is 37.1. The molecule has 0 unspecified atom stereocenters. The van der Waals surface area contributed by atoms with E-state index in [2.05, 4.69) is 6.92 Å². The Labute approximate surface area is 137 Å². The minimum absolute atomic E-state index is 0. The van der Waals surface area contributed by atoms with Crippen LogP contribution in [-0.4, -0.2) is 26.6 Å². The van der Waals surface area contributed by atoms with E-state index in [0.717, 1.165) is 5.76 Å². The molecule has 3 aliphatic rings. The molecular weight excluding hydrogens is 234 g/mol. The Morgan fingerprint density at radius 2 is 1.69 bits per heavy atom. The summed E-state index contributed by atoms with van der Waals surface area (Å²) >= 11 is 0. The van der Waals surface area contributed by atoms with Gasteiger partial charge < -0.3 is 18.4 Å². The van der Waals surface area contributed by atoms with Crippen LogP contribution in [0.5, 0.6) is 0 Å². The van der Waals surface area contributed by atoms with Gasteiger partial charge >= 0.3 is 58.1 Å². The largest absolute Gasteiger partial charge is 1.00 e. The Hall–Kier alpha value is 0.861. The van der Waals surface area contributed by atoms with Crippen molar-refractivity contribution < 1.29 is 69.8 Å². The first kappa shape index (κ1) is 13.3. The number of hydrogen-bond acceptors (Lipinski definition) is 4.